The van der Waals surface area contributed by atoms with E-state index in [0.29, 0.717) is 5.69 Å². The molecule has 2 heterocycles. The maximum Gasteiger partial charge on any atom is 0.341 e. The highest BCUT2D eigenvalue weighted by atomic mass is 79.9. The summed E-state index contributed by atoms with van der Waals surface area (Å²) >= 11 is 3.44. The number of hydrogen-bond acceptors (Lipinski definition) is 3. The van der Waals surface area contributed by atoms with Crippen molar-refractivity contribution in [1.29, 1.82) is 0 Å². The summed E-state index contributed by atoms with van der Waals surface area (Å²) in [7, 11) is 0. The van der Waals surface area contributed by atoms with Crippen molar-refractivity contribution < 1.29 is 14.4 Å². The fourth-order valence-electron chi connectivity index (χ4n) is 1.83. The predicted molar refractivity (Wildman–Crippen MR) is 68.5 cm³/mol. The third-order valence-electron chi connectivity index (χ3n) is 2.66. The van der Waals surface area contributed by atoms with Gasteiger partial charge in [0.05, 0.1) is 11.9 Å². The molecular formula is C12H7BrN2O3. The molecule has 18 heavy (non-hydrogen) atoms. The summed E-state index contributed by atoms with van der Waals surface area (Å²) < 4.78 is 5.93. The molecule has 0 aliphatic rings. The average Bonchev–Trinajstić information content (AvgIpc) is 2.95. The zero-order valence-corrected chi connectivity index (χ0v) is 10.6. The minimum atomic E-state index is -1.07. The standard InChI is InChI=1S/C12H7BrN2O3/c13-8-2-1-3-9-6(8)4-10(15-9)11-7(12(16)17)5-14-18-11/h1-5,15H,(H,16,17). The van der Waals surface area contributed by atoms with Crippen molar-refractivity contribution in [3.63, 3.8) is 0 Å². The van der Waals surface area contributed by atoms with Gasteiger partial charge in [0.15, 0.2) is 5.76 Å². The van der Waals surface area contributed by atoms with Gasteiger partial charge in [-0.2, -0.15) is 0 Å². The molecule has 0 fully saturated rings. The Balaban J connectivity index is 2.23. The molecule has 3 rings (SSSR count). The van der Waals surface area contributed by atoms with Crippen LogP contribution in [0.3, 0.4) is 0 Å². The zero-order chi connectivity index (χ0) is 12.7. The van der Waals surface area contributed by atoms with Crippen molar-refractivity contribution in [2.45, 2.75) is 0 Å². The maximum atomic E-state index is 11.0. The Labute approximate surface area is 110 Å². The largest absolute Gasteiger partial charge is 0.477 e. The fourth-order valence-corrected chi connectivity index (χ4v) is 2.31. The van der Waals surface area contributed by atoms with E-state index in [0.717, 1.165) is 15.4 Å². The zero-order valence-electron chi connectivity index (χ0n) is 8.98. The lowest BCUT2D eigenvalue weighted by Gasteiger charge is -1.92. The van der Waals surface area contributed by atoms with Crippen LogP contribution in [0, 0.1) is 0 Å². The highest BCUT2D eigenvalue weighted by Gasteiger charge is 2.18. The molecule has 2 N–H and O–H groups in total. The number of carbonyl (C=O) groups is 1. The molecule has 0 spiro atoms. The van der Waals surface area contributed by atoms with E-state index in [1.807, 2.05) is 24.3 Å². The number of carboxylic acids is 1. The smallest absolute Gasteiger partial charge is 0.341 e. The van der Waals surface area contributed by atoms with Crippen LogP contribution in [0.4, 0.5) is 0 Å². The van der Waals surface area contributed by atoms with Crippen molar-refractivity contribution in [3.8, 4) is 11.5 Å². The van der Waals surface area contributed by atoms with E-state index in [2.05, 4.69) is 26.1 Å². The first-order valence-electron chi connectivity index (χ1n) is 5.12. The predicted octanol–water partition coefficient (Wildman–Crippen LogP) is 3.28. The Morgan fingerprint density at radius 1 is 1.44 bits per heavy atom. The second-order valence-electron chi connectivity index (χ2n) is 3.76. The Morgan fingerprint density at radius 3 is 3.00 bits per heavy atom. The number of aromatic nitrogens is 2. The summed E-state index contributed by atoms with van der Waals surface area (Å²) in [6, 6.07) is 7.54. The highest BCUT2D eigenvalue weighted by Crippen LogP contribution is 2.30. The van der Waals surface area contributed by atoms with Crippen LogP contribution < -0.4 is 0 Å². The number of nitrogens with zero attached hydrogens (tertiary/aromatic N) is 1. The molecule has 5 nitrogen and oxygen atoms in total. The van der Waals surface area contributed by atoms with Crippen LogP contribution in [0.5, 0.6) is 0 Å². The second-order valence-corrected chi connectivity index (χ2v) is 4.61. The molecule has 0 aliphatic heterocycles. The molecule has 0 amide bonds. The van der Waals surface area contributed by atoms with Crippen LogP contribution in [0.25, 0.3) is 22.4 Å². The van der Waals surface area contributed by atoms with E-state index in [1.165, 1.54) is 6.20 Å². The van der Waals surface area contributed by atoms with Gasteiger partial charge in [0.1, 0.15) is 5.56 Å². The summed E-state index contributed by atoms with van der Waals surface area (Å²) in [5, 5.41) is 13.5. The van der Waals surface area contributed by atoms with Crippen LogP contribution in [-0.2, 0) is 0 Å². The molecule has 0 unspecified atom stereocenters. The average molecular weight is 307 g/mol. The maximum absolute atomic E-state index is 11.0. The lowest BCUT2D eigenvalue weighted by atomic mass is 10.2. The van der Waals surface area contributed by atoms with Gasteiger partial charge in [0.2, 0.25) is 0 Å². The summed E-state index contributed by atoms with van der Waals surface area (Å²) in [6.07, 6.45) is 1.19. The van der Waals surface area contributed by atoms with Gasteiger partial charge in [0, 0.05) is 15.4 Å². The monoisotopic (exact) mass is 306 g/mol. The van der Waals surface area contributed by atoms with Gasteiger partial charge in [-0.3, -0.25) is 0 Å². The van der Waals surface area contributed by atoms with Gasteiger partial charge in [0.25, 0.3) is 0 Å². The van der Waals surface area contributed by atoms with Gasteiger partial charge >= 0.3 is 5.97 Å². The van der Waals surface area contributed by atoms with Gasteiger partial charge in [-0.25, -0.2) is 4.79 Å². The SMILES string of the molecule is O=C(O)c1cnoc1-c1cc2c(Br)cccc2[nH]1. The third kappa shape index (κ3) is 1.62. The topological polar surface area (TPSA) is 79.1 Å². The van der Waals surface area contributed by atoms with E-state index in [-0.39, 0.29) is 11.3 Å². The van der Waals surface area contributed by atoms with Crippen molar-refractivity contribution in [3.05, 3.63) is 40.5 Å². The summed E-state index contributed by atoms with van der Waals surface area (Å²) in [5.41, 5.74) is 1.52. The molecule has 0 saturated carbocycles. The fraction of sp³-hybridized carbons (Fsp3) is 0. The highest BCUT2D eigenvalue weighted by molar-refractivity contribution is 9.10. The molecule has 0 bridgehead atoms. The van der Waals surface area contributed by atoms with Gasteiger partial charge in [-0.15, -0.1) is 0 Å². The molecule has 2 aromatic heterocycles. The van der Waals surface area contributed by atoms with E-state index < -0.39 is 5.97 Å². The molecule has 0 radical (unpaired) electrons. The quantitative estimate of drug-likeness (QED) is 0.761. The van der Waals surface area contributed by atoms with Crippen LogP contribution in [0.2, 0.25) is 0 Å². The Bertz CT molecular complexity index is 745. The van der Waals surface area contributed by atoms with Crippen molar-refractivity contribution in [2.24, 2.45) is 0 Å². The lowest BCUT2D eigenvalue weighted by Crippen LogP contribution is -1.95. The normalized spacial score (nSPS) is 10.9. The number of carboxylic acid groups (broad SMARTS) is 1. The molecule has 3 aromatic rings. The number of halogens is 1. The third-order valence-corrected chi connectivity index (χ3v) is 3.35. The van der Waals surface area contributed by atoms with Gasteiger partial charge < -0.3 is 14.6 Å². The summed E-state index contributed by atoms with van der Waals surface area (Å²) in [4.78, 5) is 14.1. The molecule has 0 saturated heterocycles. The number of nitrogens with one attached hydrogen (secondary N) is 1. The second kappa shape index (κ2) is 3.99. The minimum absolute atomic E-state index is 0.0395. The molecule has 90 valence electrons. The van der Waals surface area contributed by atoms with Gasteiger partial charge in [-0.05, 0) is 18.2 Å². The summed E-state index contributed by atoms with van der Waals surface area (Å²) in [6.45, 7) is 0. The lowest BCUT2D eigenvalue weighted by molar-refractivity contribution is 0.0697. The molecule has 6 heteroatoms. The number of H-pyrrole nitrogens is 1. The van der Waals surface area contributed by atoms with E-state index in [4.69, 9.17) is 9.63 Å². The van der Waals surface area contributed by atoms with Crippen molar-refractivity contribution in [1.82, 2.24) is 10.1 Å². The number of aromatic amines is 1. The Hall–Kier alpha value is -2.08. The number of aromatic carboxylic acids is 1. The number of hydrogen-bond donors (Lipinski definition) is 2. The Morgan fingerprint density at radius 2 is 2.28 bits per heavy atom. The first-order chi connectivity index (χ1) is 8.66. The molecule has 1 aromatic carbocycles. The number of rotatable bonds is 2. The van der Waals surface area contributed by atoms with Crippen molar-refractivity contribution >= 4 is 32.8 Å². The van der Waals surface area contributed by atoms with E-state index >= 15 is 0 Å². The van der Waals surface area contributed by atoms with Gasteiger partial charge in [-0.1, -0.05) is 27.2 Å². The minimum Gasteiger partial charge on any atom is -0.477 e. The molecule has 0 aliphatic carbocycles. The van der Waals surface area contributed by atoms with Crippen molar-refractivity contribution in [2.75, 3.05) is 0 Å². The first kappa shape index (κ1) is 11.0. The van der Waals surface area contributed by atoms with Crippen LogP contribution in [-0.4, -0.2) is 21.2 Å². The van der Waals surface area contributed by atoms with Crippen LogP contribution >= 0.6 is 15.9 Å². The first-order valence-corrected chi connectivity index (χ1v) is 5.91. The van der Waals surface area contributed by atoms with Crippen LogP contribution in [0.1, 0.15) is 10.4 Å². The Kier molecular flexibility index (Phi) is 2.45. The molecular weight excluding hydrogens is 300 g/mol. The number of benzene rings is 1. The summed E-state index contributed by atoms with van der Waals surface area (Å²) in [5.74, 6) is -0.838. The van der Waals surface area contributed by atoms with Crippen LogP contribution in [0.15, 0.2) is 39.5 Å². The number of fused-ring (bicyclic) bond motifs is 1. The molecule has 0 atom stereocenters. The van der Waals surface area contributed by atoms with E-state index in [9.17, 15) is 4.79 Å². The van der Waals surface area contributed by atoms with E-state index in [1.54, 1.807) is 0 Å².